The van der Waals surface area contributed by atoms with Crippen LogP contribution in [0.1, 0.15) is 32.4 Å². The molecular formula is C30H20Cl2F5N7O4. The van der Waals surface area contributed by atoms with Crippen LogP contribution < -0.4 is 5.69 Å². The number of amides is 2. The molecule has 1 N–H and O–H groups in total. The monoisotopic (exact) mass is 707 g/mol. The highest BCUT2D eigenvalue weighted by Gasteiger charge is 2.47. The first-order valence-corrected chi connectivity index (χ1v) is 14.6. The number of aliphatic hydroxyl groups excluding tert-OH is 1. The van der Waals surface area contributed by atoms with Gasteiger partial charge in [0.05, 0.1) is 28.4 Å². The fourth-order valence-corrected chi connectivity index (χ4v) is 5.38. The van der Waals surface area contributed by atoms with Crippen molar-refractivity contribution in [1.82, 2.24) is 34.0 Å². The summed E-state index contributed by atoms with van der Waals surface area (Å²) in [7, 11) is 0. The maximum absolute atomic E-state index is 16.1. The Morgan fingerprint density at radius 3 is 2.02 bits per heavy atom. The molecule has 0 saturated carbocycles. The van der Waals surface area contributed by atoms with Gasteiger partial charge in [-0.25, -0.2) is 19.1 Å². The van der Waals surface area contributed by atoms with Crippen molar-refractivity contribution in [3.05, 3.63) is 116 Å². The van der Waals surface area contributed by atoms with Gasteiger partial charge < -0.3 is 5.11 Å². The van der Waals surface area contributed by atoms with E-state index in [1.807, 2.05) is 0 Å². The molecule has 0 fully saturated rings. The Labute approximate surface area is 276 Å². The highest BCUT2D eigenvalue weighted by Crippen LogP contribution is 2.34. The molecule has 248 valence electrons. The first-order chi connectivity index (χ1) is 22.7. The maximum Gasteiger partial charge on any atom is 0.416 e. The van der Waals surface area contributed by atoms with Gasteiger partial charge in [-0.2, -0.15) is 22.0 Å². The molecule has 0 aliphatic carbocycles. The molecular weight excluding hydrogens is 688 g/mol. The van der Waals surface area contributed by atoms with Crippen molar-refractivity contribution in [3.63, 3.8) is 0 Å². The van der Waals surface area contributed by atoms with Crippen molar-refractivity contribution in [2.75, 3.05) is 6.54 Å². The molecule has 2 aromatic heterocycles. The second-order valence-corrected chi connectivity index (χ2v) is 11.4. The number of aliphatic hydroxyl groups is 1. The molecule has 1 aliphatic heterocycles. The quantitative estimate of drug-likeness (QED) is 0.170. The Kier molecular flexibility index (Phi) is 8.43. The van der Waals surface area contributed by atoms with E-state index in [0.717, 1.165) is 0 Å². The molecule has 18 heteroatoms. The van der Waals surface area contributed by atoms with Gasteiger partial charge in [-0.3, -0.25) is 19.1 Å². The lowest BCUT2D eigenvalue weighted by molar-refractivity contribution is -0.207. The lowest BCUT2D eigenvalue weighted by Gasteiger charge is -2.22. The van der Waals surface area contributed by atoms with Gasteiger partial charge in [0.2, 0.25) is 5.82 Å². The fraction of sp³-hybridized carbons (Fsp3) is 0.200. The van der Waals surface area contributed by atoms with E-state index in [2.05, 4.69) is 15.2 Å². The maximum atomic E-state index is 16.1. The molecule has 0 saturated heterocycles. The Hall–Kier alpha value is -4.93. The number of halogens is 7. The Morgan fingerprint density at radius 2 is 1.42 bits per heavy atom. The van der Waals surface area contributed by atoms with Crippen LogP contribution in [0.4, 0.5) is 22.0 Å². The van der Waals surface area contributed by atoms with Crippen molar-refractivity contribution in [2.24, 2.45) is 0 Å². The molecule has 1 atom stereocenters. The Morgan fingerprint density at radius 1 is 0.812 bits per heavy atom. The highest BCUT2D eigenvalue weighted by atomic mass is 35.5. The molecule has 1 aliphatic rings. The van der Waals surface area contributed by atoms with Crippen LogP contribution in [0.25, 0.3) is 17.1 Å². The van der Waals surface area contributed by atoms with Gasteiger partial charge in [0.15, 0.2) is 17.8 Å². The molecule has 48 heavy (non-hydrogen) atoms. The number of para-hydroxylation sites is 1. The number of hydrogen-bond acceptors (Lipinski definition) is 7. The van der Waals surface area contributed by atoms with Crippen LogP contribution in [0.3, 0.4) is 0 Å². The third-order valence-electron chi connectivity index (χ3n) is 7.34. The van der Waals surface area contributed by atoms with E-state index in [-0.39, 0.29) is 38.2 Å². The highest BCUT2D eigenvalue weighted by molar-refractivity contribution is 6.32. The zero-order chi connectivity index (χ0) is 34.5. The van der Waals surface area contributed by atoms with Crippen molar-refractivity contribution in [3.8, 4) is 17.1 Å². The summed E-state index contributed by atoms with van der Waals surface area (Å²) in [5.74, 6) is -7.70. The topological polar surface area (TPSA) is 128 Å². The molecule has 3 aromatic carbocycles. The van der Waals surface area contributed by atoms with Crippen LogP contribution in [-0.4, -0.2) is 69.8 Å². The van der Waals surface area contributed by atoms with Gasteiger partial charge in [-0.15, -0.1) is 10.2 Å². The zero-order valence-corrected chi connectivity index (χ0v) is 25.6. The second kappa shape index (κ2) is 12.3. The summed E-state index contributed by atoms with van der Waals surface area (Å²) < 4.78 is 74.0. The number of carbonyl (C=O) groups is 2. The van der Waals surface area contributed by atoms with Gasteiger partial charge >= 0.3 is 17.8 Å². The number of alkyl halides is 5. The van der Waals surface area contributed by atoms with Crippen LogP contribution in [0, 0.1) is 0 Å². The van der Waals surface area contributed by atoms with E-state index in [0.29, 0.717) is 18.8 Å². The standard InChI is InChI=1S/C30H20Cl2F5N7O4/c31-17-11-9-16(10-12-17)24-40-43(28(48)41(24)13-22(45)30(35,36)37)14-23-38-27(44(39-23)21-8-4-3-7-20(21)32)29(33,34)15-42-25(46)18-5-1-2-6-19(18)26(42)47/h1-12,22,45H,13-15H2. The van der Waals surface area contributed by atoms with Gasteiger partial charge in [-0.1, -0.05) is 47.5 Å². The number of hydrogen-bond donors (Lipinski definition) is 1. The molecule has 11 nitrogen and oxygen atoms in total. The SMILES string of the molecule is O=C1c2ccccc2C(=O)N1CC(F)(F)c1nc(Cn2nc(-c3ccc(Cl)cc3)n(CC(O)C(F)(F)F)c2=O)nn1-c1ccccc1Cl. The summed E-state index contributed by atoms with van der Waals surface area (Å²) in [6.07, 6.45) is -8.02. The Bertz CT molecular complexity index is 2080. The molecule has 0 radical (unpaired) electrons. The average Bonchev–Trinajstić information content (AvgIpc) is 3.67. The third kappa shape index (κ3) is 6.09. The minimum absolute atomic E-state index is 0.0284. The van der Waals surface area contributed by atoms with Crippen LogP contribution in [0.5, 0.6) is 0 Å². The van der Waals surface area contributed by atoms with Crippen LogP contribution >= 0.6 is 23.2 Å². The van der Waals surface area contributed by atoms with Gasteiger partial charge in [-0.05, 0) is 48.5 Å². The third-order valence-corrected chi connectivity index (χ3v) is 7.92. The summed E-state index contributed by atoms with van der Waals surface area (Å²) in [4.78, 5) is 43.4. The summed E-state index contributed by atoms with van der Waals surface area (Å²) in [5, 5.41) is 18.2. The van der Waals surface area contributed by atoms with Crippen molar-refractivity contribution < 1.29 is 36.6 Å². The number of aromatic nitrogens is 6. The number of rotatable bonds is 9. The lowest BCUT2D eigenvalue weighted by Crippen LogP contribution is -2.40. The Balaban J connectivity index is 1.41. The largest absolute Gasteiger partial charge is 0.416 e. The number of imide groups is 1. The summed E-state index contributed by atoms with van der Waals surface area (Å²) in [6, 6.07) is 16.9. The number of benzene rings is 3. The second-order valence-electron chi connectivity index (χ2n) is 10.6. The molecule has 5 aromatic rings. The van der Waals surface area contributed by atoms with Crippen molar-refractivity contribution >= 4 is 35.0 Å². The smallest absolute Gasteiger partial charge is 0.382 e. The van der Waals surface area contributed by atoms with Gasteiger partial charge in [0.25, 0.3) is 11.8 Å². The average molecular weight is 708 g/mol. The molecule has 2 amide bonds. The molecule has 6 rings (SSSR count). The van der Waals surface area contributed by atoms with Gasteiger partial charge in [0, 0.05) is 10.6 Å². The normalized spacial score (nSPS) is 14.1. The van der Waals surface area contributed by atoms with E-state index >= 15 is 8.78 Å². The van der Waals surface area contributed by atoms with Crippen molar-refractivity contribution in [1.29, 1.82) is 0 Å². The van der Waals surface area contributed by atoms with Crippen LogP contribution in [-0.2, 0) is 19.0 Å². The zero-order valence-electron chi connectivity index (χ0n) is 24.1. The van der Waals surface area contributed by atoms with Gasteiger partial charge in [0.1, 0.15) is 13.1 Å². The molecule has 3 heterocycles. The van der Waals surface area contributed by atoms with E-state index in [9.17, 15) is 32.7 Å². The van der Waals surface area contributed by atoms with Crippen molar-refractivity contribution in [2.45, 2.75) is 31.3 Å². The number of fused-ring (bicyclic) bond motifs is 1. The molecule has 1 unspecified atom stereocenters. The van der Waals surface area contributed by atoms with E-state index in [4.69, 9.17) is 23.2 Å². The fourth-order valence-electron chi connectivity index (χ4n) is 5.03. The lowest BCUT2D eigenvalue weighted by atomic mass is 10.1. The van der Waals surface area contributed by atoms with E-state index in [1.165, 1.54) is 72.8 Å². The van der Waals surface area contributed by atoms with E-state index in [1.54, 1.807) is 0 Å². The number of nitrogens with zero attached hydrogens (tertiary/aromatic N) is 7. The van der Waals surface area contributed by atoms with Crippen LogP contribution in [0.15, 0.2) is 77.6 Å². The molecule has 0 spiro atoms. The first kappa shape index (κ1) is 33.0. The summed E-state index contributed by atoms with van der Waals surface area (Å²) in [6.45, 7) is -3.37. The molecule has 0 bridgehead atoms. The number of carbonyl (C=O) groups excluding carboxylic acids is 2. The summed E-state index contributed by atoms with van der Waals surface area (Å²) in [5.41, 5.74) is -1.14. The van der Waals surface area contributed by atoms with Crippen LogP contribution in [0.2, 0.25) is 10.0 Å². The minimum Gasteiger partial charge on any atom is -0.382 e. The van der Waals surface area contributed by atoms with E-state index < -0.39 is 67.0 Å². The first-order valence-electron chi connectivity index (χ1n) is 13.9. The predicted molar refractivity (Wildman–Crippen MR) is 160 cm³/mol. The predicted octanol–water partition coefficient (Wildman–Crippen LogP) is 4.96. The minimum atomic E-state index is -5.08. The summed E-state index contributed by atoms with van der Waals surface area (Å²) >= 11 is 12.2.